The van der Waals surface area contributed by atoms with E-state index in [1.165, 1.54) is 6.20 Å². The van der Waals surface area contributed by atoms with Gasteiger partial charge in [0.05, 0.1) is 16.1 Å². The molecule has 0 spiro atoms. The summed E-state index contributed by atoms with van der Waals surface area (Å²) in [5, 5.41) is 0.901. The molecular weight excluding hydrogens is 370 g/mol. The number of aromatic nitrogens is 1. The summed E-state index contributed by atoms with van der Waals surface area (Å²) in [6, 6.07) is 13.0. The summed E-state index contributed by atoms with van der Waals surface area (Å²) in [6.07, 6.45) is 1.53. The normalized spacial score (nSPS) is 15.9. The monoisotopic (exact) mass is 395 g/mol. The van der Waals surface area contributed by atoms with Gasteiger partial charge in [-0.2, -0.15) is 0 Å². The Morgan fingerprint density at radius 1 is 0.893 bits per heavy atom. The molecule has 0 atom stereocenters. The second-order valence-corrected chi connectivity index (χ2v) is 9.52. The van der Waals surface area contributed by atoms with E-state index in [0.717, 1.165) is 53.9 Å². The van der Waals surface area contributed by atoms with Gasteiger partial charge >= 0.3 is 0 Å². The Morgan fingerprint density at radius 2 is 1.54 bits per heavy atom. The van der Waals surface area contributed by atoms with Crippen LogP contribution in [0.2, 0.25) is 0 Å². The predicted molar refractivity (Wildman–Crippen MR) is 113 cm³/mol. The van der Waals surface area contributed by atoms with E-state index >= 15 is 0 Å². The Kier molecular flexibility index (Phi) is 4.85. The Balaban J connectivity index is 1.95. The van der Waals surface area contributed by atoms with E-state index in [4.69, 9.17) is 0 Å². The van der Waals surface area contributed by atoms with Crippen LogP contribution < -0.4 is 4.90 Å². The number of nitrogens with zero attached hydrogens (tertiary/aromatic N) is 3. The largest absolute Gasteiger partial charge is 0.367 e. The van der Waals surface area contributed by atoms with Crippen LogP contribution in [0, 0.1) is 13.8 Å². The highest BCUT2D eigenvalue weighted by atomic mass is 32.2. The number of pyridine rings is 1. The van der Waals surface area contributed by atoms with Crippen molar-refractivity contribution in [2.45, 2.75) is 23.6 Å². The van der Waals surface area contributed by atoms with Gasteiger partial charge < -0.3 is 9.80 Å². The van der Waals surface area contributed by atoms with Crippen molar-refractivity contribution in [3.63, 3.8) is 0 Å². The van der Waals surface area contributed by atoms with Crippen LogP contribution in [0.1, 0.15) is 11.1 Å². The molecule has 4 rings (SSSR count). The first-order valence-corrected chi connectivity index (χ1v) is 11.0. The first-order chi connectivity index (χ1) is 13.4. The summed E-state index contributed by atoms with van der Waals surface area (Å²) in [6.45, 7) is 7.36. The van der Waals surface area contributed by atoms with E-state index in [-0.39, 0.29) is 0 Å². The fourth-order valence-electron chi connectivity index (χ4n) is 3.67. The third-order valence-electron chi connectivity index (χ3n) is 5.40. The second-order valence-electron chi connectivity index (χ2n) is 7.60. The Bertz CT molecular complexity index is 1120. The first-order valence-electron chi connectivity index (χ1n) is 9.51. The summed E-state index contributed by atoms with van der Waals surface area (Å²) in [4.78, 5) is 9.55. The number of benzene rings is 2. The molecule has 0 bridgehead atoms. The maximum Gasteiger partial charge on any atom is 0.210 e. The second kappa shape index (κ2) is 7.18. The molecule has 2 heterocycles. The lowest BCUT2D eigenvalue weighted by atomic mass is 10.1. The van der Waals surface area contributed by atoms with E-state index in [0.29, 0.717) is 9.79 Å². The molecule has 0 saturated carbocycles. The minimum Gasteiger partial charge on any atom is -0.367 e. The Labute approximate surface area is 166 Å². The van der Waals surface area contributed by atoms with E-state index in [2.05, 4.69) is 21.8 Å². The molecule has 28 heavy (non-hydrogen) atoms. The van der Waals surface area contributed by atoms with Crippen molar-refractivity contribution in [2.75, 3.05) is 38.1 Å². The molecule has 6 heteroatoms. The number of fused-ring (bicyclic) bond motifs is 1. The number of likely N-dealkylation sites (N-methyl/N-ethyl adjacent to an activating group) is 1. The van der Waals surface area contributed by atoms with Gasteiger partial charge in [0.1, 0.15) is 4.90 Å². The van der Waals surface area contributed by atoms with Crippen molar-refractivity contribution < 1.29 is 8.42 Å². The summed E-state index contributed by atoms with van der Waals surface area (Å²) >= 11 is 0. The highest BCUT2D eigenvalue weighted by molar-refractivity contribution is 7.91. The topological polar surface area (TPSA) is 53.5 Å². The predicted octanol–water partition coefficient (Wildman–Crippen LogP) is 3.44. The summed E-state index contributed by atoms with van der Waals surface area (Å²) in [5.74, 6) is 0. The van der Waals surface area contributed by atoms with Gasteiger partial charge in [0.15, 0.2) is 0 Å². The molecule has 2 aromatic carbocycles. The van der Waals surface area contributed by atoms with Gasteiger partial charge in [0.25, 0.3) is 0 Å². The Morgan fingerprint density at radius 3 is 2.21 bits per heavy atom. The van der Waals surface area contributed by atoms with Gasteiger partial charge in [0, 0.05) is 37.8 Å². The fourth-order valence-corrected chi connectivity index (χ4v) is 5.10. The standard InChI is InChI=1S/C22H25N3O2S/c1-16-4-7-18(8-5-16)28(26,27)21-15-23-20-9-6-17(2)14-19(20)22(21)25-12-10-24(3)11-13-25/h4-9,14-15H,10-13H2,1-3H3. The molecule has 1 fully saturated rings. The van der Waals surface area contributed by atoms with Crippen molar-refractivity contribution in [3.8, 4) is 0 Å². The molecule has 1 saturated heterocycles. The smallest absolute Gasteiger partial charge is 0.210 e. The van der Waals surface area contributed by atoms with Crippen molar-refractivity contribution >= 4 is 26.4 Å². The van der Waals surface area contributed by atoms with Crippen LogP contribution in [0.3, 0.4) is 0 Å². The number of aryl methyl sites for hydroxylation is 2. The maximum atomic E-state index is 13.5. The van der Waals surface area contributed by atoms with Crippen LogP contribution in [-0.2, 0) is 9.84 Å². The molecule has 3 aromatic rings. The Hall–Kier alpha value is -2.44. The highest BCUT2D eigenvalue weighted by Gasteiger charge is 2.28. The highest BCUT2D eigenvalue weighted by Crippen LogP contribution is 2.36. The van der Waals surface area contributed by atoms with Crippen LogP contribution in [0.25, 0.3) is 10.9 Å². The summed E-state index contributed by atoms with van der Waals surface area (Å²) in [7, 11) is -1.58. The van der Waals surface area contributed by atoms with Crippen molar-refractivity contribution in [1.29, 1.82) is 0 Å². The zero-order valence-corrected chi connectivity index (χ0v) is 17.3. The van der Waals surface area contributed by atoms with E-state index in [1.807, 2.05) is 44.2 Å². The number of hydrogen-bond acceptors (Lipinski definition) is 5. The van der Waals surface area contributed by atoms with Crippen LogP contribution in [0.5, 0.6) is 0 Å². The molecule has 0 N–H and O–H groups in total. The van der Waals surface area contributed by atoms with Crippen molar-refractivity contribution in [3.05, 3.63) is 59.8 Å². The third-order valence-corrected chi connectivity index (χ3v) is 7.17. The maximum absolute atomic E-state index is 13.5. The van der Waals surface area contributed by atoms with Gasteiger partial charge in [-0.3, -0.25) is 4.98 Å². The van der Waals surface area contributed by atoms with E-state index in [9.17, 15) is 8.42 Å². The minimum absolute atomic E-state index is 0.291. The molecule has 146 valence electrons. The number of rotatable bonds is 3. The SMILES string of the molecule is Cc1ccc(S(=O)(=O)c2cnc3ccc(C)cc3c2N2CCN(C)CC2)cc1. The zero-order valence-electron chi connectivity index (χ0n) is 16.5. The number of sulfone groups is 1. The van der Waals surface area contributed by atoms with Gasteiger partial charge in [-0.15, -0.1) is 0 Å². The van der Waals surface area contributed by atoms with Gasteiger partial charge in [-0.25, -0.2) is 8.42 Å². The van der Waals surface area contributed by atoms with Crippen molar-refractivity contribution in [1.82, 2.24) is 9.88 Å². The van der Waals surface area contributed by atoms with Crippen LogP contribution in [0.15, 0.2) is 58.5 Å². The molecular formula is C22H25N3O2S. The lowest BCUT2D eigenvalue weighted by Crippen LogP contribution is -2.45. The molecule has 0 amide bonds. The zero-order chi connectivity index (χ0) is 19.9. The number of piperazine rings is 1. The average Bonchev–Trinajstić information content (AvgIpc) is 2.68. The van der Waals surface area contributed by atoms with E-state index < -0.39 is 9.84 Å². The van der Waals surface area contributed by atoms with Gasteiger partial charge in [-0.1, -0.05) is 29.3 Å². The summed E-state index contributed by atoms with van der Waals surface area (Å²) < 4.78 is 27.0. The molecule has 1 aromatic heterocycles. The quantitative estimate of drug-likeness (QED) is 0.680. The minimum atomic E-state index is -3.67. The third kappa shape index (κ3) is 3.38. The molecule has 0 radical (unpaired) electrons. The summed E-state index contributed by atoms with van der Waals surface area (Å²) in [5.41, 5.74) is 3.73. The lowest BCUT2D eigenvalue weighted by Gasteiger charge is -2.35. The lowest BCUT2D eigenvalue weighted by molar-refractivity contribution is 0.312. The fraction of sp³-hybridized carbons (Fsp3) is 0.318. The molecule has 1 aliphatic heterocycles. The van der Waals surface area contributed by atoms with Crippen LogP contribution in [-0.4, -0.2) is 51.5 Å². The van der Waals surface area contributed by atoms with E-state index in [1.54, 1.807) is 12.1 Å². The number of anilines is 1. The first kappa shape index (κ1) is 18.9. The molecule has 0 aliphatic carbocycles. The van der Waals surface area contributed by atoms with Gasteiger partial charge in [-0.05, 0) is 45.2 Å². The van der Waals surface area contributed by atoms with Crippen molar-refractivity contribution in [2.24, 2.45) is 0 Å². The van der Waals surface area contributed by atoms with Crippen LogP contribution in [0.4, 0.5) is 5.69 Å². The van der Waals surface area contributed by atoms with Crippen LogP contribution >= 0.6 is 0 Å². The molecule has 5 nitrogen and oxygen atoms in total. The number of hydrogen-bond donors (Lipinski definition) is 0. The van der Waals surface area contributed by atoms with Gasteiger partial charge in [0.2, 0.25) is 9.84 Å². The molecule has 1 aliphatic rings. The molecule has 0 unspecified atom stereocenters. The average molecular weight is 396 g/mol.